The van der Waals surface area contributed by atoms with Gasteiger partial charge in [0.25, 0.3) is 0 Å². The zero-order valence-electron chi connectivity index (χ0n) is 17.6. The highest BCUT2D eigenvalue weighted by Crippen LogP contribution is 2.36. The Kier molecular flexibility index (Phi) is 4.89. The number of pyridine rings is 1. The van der Waals surface area contributed by atoms with Gasteiger partial charge in [-0.25, -0.2) is 15.8 Å². The van der Waals surface area contributed by atoms with Crippen molar-refractivity contribution in [3.05, 3.63) is 72.6 Å². The van der Waals surface area contributed by atoms with Crippen LogP contribution in [0.1, 0.15) is 26.3 Å². The third kappa shape index (κ3) is 3.50. The lowest BCUT2D eigenvalue weighted by atomic mass is 9.90. The largest absolute Gasteiger partial charge is 0.369 e. The van der Waals surface area contributed by atoms with Gasteiger partial charge < -0.3 is 9.74 Å². The van der Waals surface area contributed by atoms with E-state index in [2.05, 4.69) is 26.0 Å². The smallest absolute Gasteiger partial charge is 0.333 e. The Balaban J connectivity index is 1.48. The quantitative estimate of drug-likeness (QED) is 0.398. The van der Waals surface area contributed by atoms with Crippen molar-refractivity contribution in [2.45, 2.75) is 31.9 Å². The lowest BCUT2D eigenvalue weighted by molar-refractivity contribution is 0.0566. The van der Waals surface area contributed by atoms with E-state index in [9.17, 15) is 8.78 Å². The van der Waals surface area contributed by atoms with Gasteiger partial charge in [-0.2, -0.15) is 19.0 Å². The number of halogens is 2. The highest BCUT2D eigenvalue weighted by molar-refractivity contribution is 5.90. The Morgan fingerprint density at radius 2 is 1.72 bits per heavy atom. The van der Waals surface area contributed by atoms with E-state index >= 15 is 0 Å². The van der Waals surface area contributed by atoms with Crippen LogP contribution in [0.25, 0.3) is 32.6 Å². The van der Waals surface area contributed by atoms with E-state index < -0.39 is 6.55 Å². The molecule has 4 heterocycles. The number of piperidine rings is 1. The van der Waals surface area contributed by atoms with E-state index in [0.29, 0.717) is 10.2 Å². The van der Waals surface area contributed by atoms with Gasteiger partial charge >= 0.3 is 6.55 Å². The van der Waals surface area contributed by atoms with Crippen LogP contribution in [0.2, 0.25) is 0 Å². The van der Waals surface area contributed by atoms with Crippen LogP contribution < -0.4 is 4.90 Å². The van der Waals surface area contributed by atoms with Crippen molar-refractivity contribution in [3.8, 4) is 22.3 Å². The summed E-state index contributed by atoms with van der Waals surface area (Å²) in [6, 6.07) is 11.9. The van der Waals surface area contributed by atoms with Gasteiger partial charge in [0, 0.05) is 56.4 Å². The summed E-state index contributed by atoms with van der Waals surface area (Å²) in [6.45, 7) is 8.51. The molecule has 0 bridgehead atoms. The maximum atomic E-state index is 12.8. The van der Waals surface area contributed by atoms with E-state index in [4.69, 9.17) is 6.57 Å². The highest BCUT2D eigenvalue weighted by atomic mass is 19.3. The molecule has 0 unspecified atom stereocenters. The van der Waals surface area contributed by atoms with Crippen molar-refractivity contribution >= 4 is 11.2 Å². The molecule has 0 radical (unpaired) electrons. The monoisotopic (exact) mass is 432 g/mol. The molecule has 0 atom stereocenters. The van der Waals surface area contributed by atoms with E-state index in [1.54, 1.807) is 0 Å². The summed E-state index contributed by atoms with van der Waals surface area (Å²) in [5, 5.41) is 8.26. The first-order chi connectivity index (χ1) is 15.5. The number of rotatable bonds is 4. The first kappa shape index (κ1) is 20.2. The summed E-state index contributed by atoms with van der Waals surface area (Å²) in [4.78, 5) is 6.16. The summed E-state index contributed by atoms with van der Waals surface area (Å²) in [7, 11) is 0. The molecule has 0 amide bonds. The van der Waals surface area contributed by atoms with Gasteiger partial charge in [-0.05, 0) is 23.3 Å². The molecule has 0 spiro atoms. The van der Waals surface area contributed by atoms with Crippen LogP contribution in [-0.2, 0) is 0 Å². The Hall–Kier alpha value is -3.73. The fourth-order valence-electron chi connectivity index (χ4n) is 4.27. The van der Waals surface area contributed by atoms with Crippen molar-refractivity contribution in [2.24, 2.45) is 0 Å². The van der Waals surface area contributed by atoms with Crippen molar-refractivity contribution in [1.29, 1.82) is 0 Å². The Morgan fingerprint density at radius 1 is 1.00 bits per heavy atom. The summed E-state index contributed by atoms with van der Waals surface area (Å²) >= 11 is 0. The average Bonchev–Trinajstić information content (AvgIpc) is 3.48. The maximum Gasteiger partial charge on any atom is 0.333 e. The van der Waals surface area contributed by atoms with Gasteiger partial charge in [-0.15, -0.1) is 0 Å². The second kappa shape index (κ2) is 7.75. The molecular weight excluding hydrogens is 410 g/mol. The van der Waals surface area contributed by atoms with Crippen molar-refractivity contribution in [2.75, 3.05) is 18.0 Å². The second-order valence-corrected chi connectivity index (χ2v) is 8.40. The number of benzene rings is 1. The van der Waals surface area contributed by atoms with Gasteiger partial charge in [0.15, 0.2) is 0 Å². The van der Waals surface area contributed by atoms with E-state index in [0.717, 1.165) is 53.8 Å². The van der Waals surface area contributed by atoms with Crippen molar-refractivity contribution < 1.29 is 8.78 Å². The van der Waals surface area contributed by atoms with Crippen LogP contribution >= 0.6 is 0 Å². The standard InChI is InChI=1S/C24H22F2N6/c1-24(27-2)9-12-30(13-10-24)21-4-3-11-31-22(21)20(15-29-31)18-7-5-17(6-8-18)19-14-28-32(16-19)23(25)26/h3-8,11,14-16,23H,9-10,12-13H2,1H3. The molecule has 1 aliphatic rings. The molecule has 0 saturated carbocycles. The minimum absolute atomic E-state index is 0.279. The zero-order valence-corrected chi connectivity index (χ0v) is 17.6. The van der Waals surface area contributed by atoms with Gasteiger partial charge in [0.2, 0.25) is 5.54 Å². The second-order valence-electron chi connectivity index (χ2n) is 8.40. The predicted molar refractivity (Wildman–Crippen MR) is 120 cm³/mol. The van der Waals surface area contributed by atoms with Gasteiger partial charge in [-0.3, -0.25) is 0 Å². The normalized spacial score (nSPS) is 15.9. The van der Waals surface area contributed by atoms with Crippen LogP contribution in [-0.4, -0.2) is 38.0 Å². The van der Waals surface area contributed by atoms with Crippen LogP contribution in [0, 0.1) is 6.57 Å². The molecule has 5 rings (SSSR count). The van der Waals surface area contributed by atoms with Gasteiger partial charge in [0.05, 0.1) is 23.6 Å². The van der Waals surface area contributed by atoms with Gasteiger partial charge in [0.1, 0.15) is 0 Å². The summed E-state index contributed by atoms with van der Waals surface area (Å²) < 4.78 is 28.2. The molecule has 1 fully saturated rings. The summed E-state index contributed by atoms with van der Waals surface area (Å²) in [5.41, 5.74) is 5.33. The lowest BCUT2D eigenvalue weighted by Crippen LogP contribution is -2.40. The van der Waals surface area contributed by atoms with E-state index in [-0.39, 0.29) is 5.54 Å². The maximum absolute atomic E-state index is 12.8. The number of nitrogens with zero attached hydrogens (tertiary/aromatic N) is 6. The molecule has 1 aromatic carbocycles. The van der Waals surface area contributed by atoms with Crippen molar-refractivity contribution in [3.63, 3.8) is 0 Å². The van der Waals surface area contributed by atoms with Crippen LogP contribution in [0.4, 0.5) is 14.5 Å². The molecule has 8 heteroatoms. The third-order valence-corrected chi connectivity index (χ3v) is 6.30. The average molecular weight is 432 g/mol. The highest BCUT2D eigenvalue weighted by Gasteiger charge is 2.35. The first-order valence-corrected chi connectivity index (χ1v) is 10.5. The molecule has 3 aromatic heterocycles. The van der Waals surface area contributed by atoms with E-state index in [1.165, 1.54) is 12.4 Å². The zero-order chi connectivity index (χ0) is 22.3. The third-order valence-electron chi connectivity index (χ3n) is 6.30. The SMILES string of the molecule is [C-]#[N+]C1(C)CCN(c2cccn3ncc(-c4ccc(-c5cnn(C(F)F)c5)cc4)c23)CC1. The molecule has 6 nitrogen and oxygen atoms in total. The number of anilines is 1. The number of fused-ring (bicyclic) bond motifs is 1. The Bertz CT molecular complexity index is 1290. The van der Waals surface area contributed by atoms with Crippen LogP contribution in [0.5, 0.6) is 0 Å². The van der Waals surface area contributed by atoms with E-state index in [1.807, 2.05) is 54.2 Å². The molecular formula is C24H22F2N6. The summed E-state index contributed by atoms with van der Waals surface area (Å²) in [6.07, 6.45) is 8.25. The fourth-order valence-corrected chi connectivity index (χ4v) is 4.27. The number of hydrogen-bond acceptors (Lipinski definition) is 3. The minimum atomic E-state index is -2.65. The number of alkyl halides is 2. The number of aromatic nitrogens is 4. The molecule has 32 heavy (non-hydrogen) atoms. The fraction of sp³-hybridized carbons (Fsp3) is 0.292. The minimum Gasteiger partial charge on any atom is -0.369 e. The predicted octanol–water partition coefficient (Wildman–Crippen LogP) is 5.54. The van der Waals surface area contributed by atoms with Crippen LogP contribution in [0.15, 0.2) is 61.2 Å². The topological polar surface area (TPSA) is 42.7 Å². The Labute approximate surface area is 184 Å². The molecule has 1 aliphatic heterocycles. The Morgan fingerprint density at radius 3 is 2.38 bits per heavy atom. The van der Waals surface area contributed by atoms with Crippen LogP contribution in [0.3, 0.4) is 0 Å². The van der Waals surface area contributed by atoms with Crippen molar-refractivity contribution in [1.82, 2.24) is 19.4 Å². The molecule has 162 valence electrons. The molecule has 0 aliphatic carbocycles. The van der Waals surface area contributed by atoms with Gasteiger partial charge in [-0.1, -0.05) is 24.3 Å². The molecule has 4 aromatic rings. The summed E-state index contributed by atoms with van der Waals surface area (Å²) in [5.74, 6) is 0. The molecule has 1 saturated heterocycles. The molecule has 0 N–H and O–H groups in total. The lowest BCUT2D eigenvalue weighted by Gasteiger charge is -2.34. The number of hydrogen-bond donors (Lipinski definition) is 0. The first-order valence-electron chi connectivity index (χ1n) is 10.5.